The van der Waals surface area contributed by atoms with Crippen LogP contribution in [0.3, 0.4) is 0 Å². The first-order valence-corrected chi connectivity index (χ1v) is 8.73. The van der Waals surface area contributed by atoms with E-state index in [9.17, 15) is 14.4 Å². The highest BCUT2D eigenvalue weighted by molar-refractivity contribution is 6.04. The van der Waals surface area contributed by atoms with E-state index in [1.165, 1.54) is 26.2 Å². The van der Waals surface area contributed by atoms with Crippen molar-refractivity contribution in [2.75, 3.05) is 19.0 Å². The molecule has 0 saturated heterocycles. The van der Waals surface area contributed by atoms with Crippen LogP contribution in [0.1, 0.15) is 41.5 Å². The van der Waals surface area contributed by atoms with Crippen molar-refractivity contribution in [1.82, 2.24) is 0 Å². The molecule has 28 heavy (non-hydrogen) atoms. The fourth-order valence-corrected chi connectivity index (χ4v) is 2.45. The number of carbonyl (C=O) groups is 3. The first-order valence-electron chi connectivity index (χ1n) is 8.73. The van der Waals surface area contributed by atoms with Gasteiger partial charge in [0.2, 0.25) is 0 Å². The number of carbonyl (C=O) groups excluding carboxylic acids is 3. The maximum Gasteiger partial charge on any atom is 0.338 e. The summed E-state index contributed by atoms with van der Waals surface area (Å²) in [6.07, 6.45) is -0.0479. The molecule has 0 spiro atoms. The molecule has 0 atom stereocenters. The molecular formula is C21H23NO6. The van der Waals surface area contributed by atoms with Gasteiger partial charge in [-0.15, -0.1) is 0 Å². The van der Waals surface area contributed by atoms with E-state index in [4.69, 9.17) is 14.2 Å². The van der Waals surface area contributed by atoms with E-state index >= 15 is 0 Å². The van der Waals surface area contributed by atoms with Crippen LogP contribution >= 0.6 is 0 Å². The highest BCUT2D eigenvalue weighted by Gasteiger charge is 2.15. The van der Waals surface area contributed by atoms with Crippen LogP contribution in [0.4, 0.5) is 5.69 Å². The average Bonchev–Trinajstić information content (AvgIpc) is 2.66. The van der Waals surface area contributed by atoms with Gasteiger partial charge >= 0.3 is 5.97 Å². The molecule has 0 aliphatic carbocycles. The summed E-state index contributed by atoms with van der Waals surface area (Å²) >= 11 is 0. The molecule has 0 radical (unpaired) electrons. The van der Waals surface area contributed by atoms with Crippen molar-refractivity contribution in [3.8, 4) is 11.5 Å². The van der Waals surface area contributed by atoms with Gasteiger partial charge in [0.05, 0.1) is 24.5 Å². The molecule has 148 valence electrons. The fourth-order valence-electron chi connectivity index (χ4n) is 2.45. The Morgan fingerprint density at radius 2 is 1.75 bits per heavy atom. The summed E-state index contributed by atoms with van der Waals surface area (Å²) in [6.45, 7) is 4.68. The summed E-state index contributed by atoms with van der Waals surface area (Å²) in [6, 6.07) is 11.2. The largest absolute Gasteiger partial charge is 0.493 e. The number of rotatable bonds is 8. The quantitative estimate of drug-likeness (QED) is 0.553. The molecule has 0 bridgehead atoms. The van der Waals surface area contributed by atoms with E-state index in [2.05, 4.69) is 5.32 Å². The number of ether oxygens (including phenoxy) is 3. The number of Topliss-reactive ketones (excluding diaryl/α,β-unsaturated/α-hetero) is 1. The van der Waals surface area contributed by atoms with Crippen LogP contribution in [0.25, 0.3) is 0 Å². The van der Waals surface area contributed by atoms with Crippen molar-refractivity contribution >= 4 is 23.3 Å². The van der Waals surface area contributed by atoms with E-state index in [1.54, 1.807) is 30.3 Å². The molecule has 0 aromatic heterocycles. The molecule has 7 heteroatoms. The maximum absolute atomic E-state index is 12.2. The summed E-state index contributed by atoms with van der Waals surface area (Å²) < 4.78 is 15.9. The molecule has 2 aromatic rings. The van der Waals surface area contributed by atoms with Crippen LogP contribution in [0.5, 0.6) is 11.5 Å². The zero-order chi connectivity index (χ0) is 20.7. The Bertz CT molecular complexity index is 875. The number of nitrogens with one attached hydrogen (secondary N) is 1. The topological polar surface area (TPSA) is 90.9 Å². The third-order valence-electron chi connectivity index (χ3n) is 3.68. The normalized spacial score (nSPS) is 10.3. The number of methoxy groups -OCH3 is 1. The summed E-state index contributed by atoms with van der Waals surface area (Å²) in [4.78, 5) is 35.9. The Balaban J connectivity index is 2.00. The van der Waals surface area contributed by atoms with E-state index in [-0.39, 0.29) is 17.5 Å². The minimum absolute atomic E-state index is 0.0479. The minimum Gasteiger partial charge on any atom is -0.493 e. The molecule has 2 aromatic carbocycles. The lowest BCUT2D eigenvalue weighted by Crippen LogP contribution is -2.22. The third kappa shape index (κ3) is 5.57. The Kier molecular flexibility index (Phi) is 7.14. The number of amides is 1. The summed E-state index contributed by atoms with van der Waals surface area (Å²) in [5.74, 6) is -0.502. The van der Waals surface area contributed by atoms with Crippen LogP contribution in [-0.4, -0.2) is 37.5 Å². The predicted octanol–water partition coefficient (Wildman–Crippen LogP) is 3.48. The second kappa shape index (κ2) is 9.55. The fraction of sp³-hybridized carbons (Fsp3) is 0.286. The first-order chi connectivity index (χ1) is 13.3. The summed E-state index contributed by atoms with van der Waals surface area (Å²) in [5.41, 5.74) is 0.977. The zero-order valence-corrected chi connectivity index (χ0v) is 16.3. The molecular weight excluding hydrogens is 362 g/mol. The van der Waals surface area contributed by atoms with Gasteiger partial charge < -0.3 is 19.5 Å². The molecule has 0 fully saturated rings. The number of para-hydroxylation sites is 1. The Morgan fingerprint density at radius 1 is 1.04 bits per heavy atom. The SMILES string of the molecule is COc1cc(C(=O)OCC(=O)Nc2ccccc2C(C)=O)ccc1OC(C)C. The van der Waals surface area contributed by atoms with Crippen molar-refractivity contribution in [2.24, 2.45) is 0 Å². The molecule has 7 nitrogen and oxygen atoms in total. The predicted molar refractivity (Wildman–Crippen MR) is 104 cm³/mol. The van der Waals surface area contributed by atoms with Crippen LogP contribution < -0.4 is 14.8 Å². The smallest absolute Gasteiger partial charge is 0.338 e. The Hall–Kier alpha value is -3.35. The molecule has 0 unspecified atom stereocenters. The Morgan fingerprint density at radius 3 is 2.39 bits per heavy atom. The lowest BCUT2D eigenvalue weighted by molar-refractivity contribution is -0.119. The van der Waals surface area contributed by atoms with Gasteiger partial charge in [-0.1, -0.05) is 12.1 Å². The average molecular weight is 385 g/mol. The molecule has 0 aliphatic heterocycles. The van der Waals surface area contributed by atoms with Gasteiger partial charge in [0.1, 0.15) is 0 Å². The molecule has 0 heterocycles. The number of esters is 1. The minimum atomic E-state index is -0.676. The van der Waals surface area contributed by atoms with Gasteiger partial charge in [-0.2, -0.15) is 0 Å². The molecule has 0 saturated carbocycles. The van der Waals surface area contributed by atoms with Crippen LogP contribution in [0.15, 0.2) is 42.5 Å². The van der Waals surface area contributed by atoms with Gasteiger partial charge in [0.15, 0.2) is 23.9 Å². The monoisotopic (exact) mass is 385 g/mol. The number of hydrogen-bond donors (Lipinski definition) is 1. The molecule has 2 rings (SSSR count). The van der Waals surface area contributed by atoms with Crippen LogP contribution in [-0.2, 0) is 9.53 Å². The van der Waals surface area contributed by atoms with Gasteiger partial charge in [-0.05, 0) is 51.1 Å². The second-order valence-corrected chi connectivity index (χ2v) is 6.26. The number of anilines is 1. The van der Waals surface area contributed by atoms with Crippen molar-refractivity contribution in [3.63, 3.8) is 0 Å². The summed E-state index contributed by atoms with van der Waals surface area (Å²) in [7, 11) is 1.47. The maximum atomic E-state index is 12.2. The van der Waals surface area contributed by atoms with Crippen molar-refractivity contribution in [1.29, 1.82) is 0 Å². The highest BCUT2D eigenvalue weighted by Crippen LogP contribution is 2.29. The third-order valence-corrected chi connectivity index (χ3v) is 3.68. The van der Waals surface area contributed by atoms with Crippen LogP contribution in [0, 0.1) is 0 Å². The van der Waals surface area contributed by atoms with Crippen molar-refractivity contribution in [2.45, 2.75) is 26.9 Å². The van der Waals surface area contributed by atoms with Gasteiger partial charge in [0.25, 0.3) is 5.91 Å². The summed E-state index contributed by atoms with van der Waals surface area (Å²) in [5, 5.41) is 2.57. The molecule has 0 aliphatic rings. The molecule has 1 amide bonds. The van der Waals surface area contributed by atoms with Gasteiger partial charge in [-0.25, -0.2) is 4.79 Å². The van der Waals surface area contributed by atoms with Crippen molar-refractivity contribution in [3.05, 3.63) is 53.6 Å². The number of benzene rings is 2. The van der Waals surface area contributed by atoms with Crippen LogP contribution in [0.2, 0.25) is 0 Å². The lowest BCUT2D eigenvalue weighted by Gasteiger charge is -2.14. The van der Waals surface area contributed by atoms with E-state index < -0.39 is 18.5 Å². The first kappa shape index (κ1) is 21.0. The molecule has 1 N–H and O–H groups in total. The van der Waals surface area contributed by atoms with Gasteiger partial charge in [0, 0.05) is 5.56 Å². The zero-order valence-electron chi connectivity index (χ0n) is 16.3. The Labute approximate surface area is 163 Å². The standard InChI is InChI=1S/C21H23NO6/c1-13(2)28-18-10-9-15(11-19(18)26-4)21(25)27-12-20(24)22-17-8-6-5-7-16(17)14(3)23/h5-11,13H,12H2,1-4H3,(H,22,24). The highest BCUT2D eigenvalue weighted by atomic mass is 16.5. The van der Waals surface area contributed by atoms with Gasteiger partial charge in [-0.3, -0.25) is 9.59 Å². The van der Waals surface area contributed by atoms with E-state index in [0.717, 1.165) is 0 Å². The second-order valence-electron chi connectivity index (χ2n) is 6.26. The number of ketones is 1. The van der Waals surface area contributed by atoms with E-state index in [0.29, 0.717) is 22.7 Å². The van der Waals surface area contributed by atoms with E-state index in [1.807, 2.05) is 13.8 Å². The number of hydrogen-bond acceptors (Lipinski definition) is 6. The van der Waals surface area contributed by atoms with Crippen molar-refractivity contribution < 1.29 is 28.6 Å². The lowest BCUT2D eigenvalue weighted by atomic mass is 10.1.